The molecule has 0 bridgehead atoms. The topological polar surface area (TPSA) is 84.1 Å². The SMILES string of the molecule is CC(C)c1ccc(OCCNC(=O)CSCc2nc3sc4c(c3c(=O)[nH]2)CCC4)cc1. The lowest BCUT2D eigenvalue weighted by molar-refractivity contribution is -0.118. The van der Waals surface area contributed by atoms with E-state index in [-0.39, 0.29) is 11.5 Å². The standard InChI is InChI=1S/C23H27N3O3S2/c1-14(2)15-6-8-16(9-7-15)29-11-10-24-20(27)13-30-12-19-25-22(28)21-17-4-3-5-18(17)31-23(21)26-19/h6-9,14H,3-5,10-13H2,1-2H3,(H,24,27)(H,25,26,28). The highest BCUT2D eigenvalue weighted by atomic mass is 32.2. The summed E-state index contributed by atoms with van der Waals surface area (Å²) in [6.07, 6.45) is 3.15. The third-order valence-corrected chi connectivity index (χ3v) is 7.47. The Hall–Kier alpha value is -2.32. The molecule has 0 saturated heterocycles. The zero-order valence-corrected chi connectivity index (χ0v) is 19.5. The second-order valence-corrected chi connectivity index (χ2v) is 10.0. The van der Waals surface area contributed by atoms with Gasteiger partial charge < -0.3 is 15.0 Å². The molecular weight excluding hydrogens is 430 g/mol. The molecule has 2 aromatic heterocycles. The monoisotopic (exact) mass is 457 g/mol. The van der Waals surface area contributed by atoms with Crippen LogP contribution in [0.5, 0.6) is 5.75 Å². The summed E-state index contributed by atoms with van der Waals surface area (Å²) in [7, 11) is 0. The van der Waals surface area contributed by atoms with Crippen LogP contribution < -0.4 is 15.6 Å². The van der Waals surface area contributed by atoms with Gasteiger partial charge in [-0.2, -0.15) is 0 Å². The van der Waals surface area contributed by atoms with Crippen LogP contribution in [-0.4, -0.2) is 34.8 Å². The Morgan fingerprint density at radius 1 is 1.29 bits per heavy atom. The first-order valence-electron chi connectivity index (χ1n) is 10.6. The zero-order valence-electron chi connectivity index (χ0n) is 17.8. The average Bonchev–Trinajstić information content (AvgIpc) is 3.32. The van der Waals surface area contributed by atoms with E-state index in [1.165, 1.54) is 27.8 Å². The molecule has 8 heteroatoms. The van der Waals surface area contributed by atoms with E-state index in [9.17, 15) is 9.59 Å². The maximum absolute atomic E-state index is 12.5. The van der Waals surface area contributed by atoms with Gasteiger partial charge in [0.25, 0.3) is 5.56 Å². The number of carbonyl (C=O) groups excluding carboxylic acids is 1. The molecule has 2 N–H and O–H groups in total. The first-order valence-corrected chi connectivity index (χ1v) is 12.6. The lowest BCUT2D eigenvalue weighted by Gasteiger charge is -2.09. The van der Waals surface area contributed by atoms with Gasteiger partial charge in [0.2, 0.25) is 5.91 Å². The number of H-pyrrole nitrogens is 1. The summed E-state index contributed by atoms with van der Waals surface area (Å²) in [5.41, 5.74) is 2.41. The quantitative estimate of drug-likeness (QED) is 0.474. The summed E-state index contributed by atoms with van der Waals surface area (Å²) in [6.45, 7) is 5.19. The van der Waals surface area contributed by atoms with E-state index in [2.05, 4.69) is 41.3 Å². The molecule has 0 fully saturated rings. The molecule has 0 saturated carbocycles. The van der Waals surface area contributed by atoms with Gasteiger partial charge in [0.1, 0.15) is 23.0 Å². The summed E-state index contributed by atoms with van der Waals surface area (Å²) in [5, 5.41) is 3.63. The molecule has 1 aliphatic carbocycles. The number of fused-ring (bicyclic) bond motifs is 3. The Kier molecular flexibility index (Phi) is 6.97. The van der Waals surface area contributed by atoms with E-state index in [0.29, 0.717) is 36.4 Å². The third-order valence-electron chi connectivity index (χ3n) is 5.34. The van der Waals surface area contributed by atoms with Crippen molar-refractivity contribution in [1.29, 1.82) is 0 Å². The molecule has 1 amide bonds. The van der Waals surface area contributed by atoms with Crippen LogP contribution in [0.25, 0.3) is 10.2 Å². The van der Waals surface area contributed by atoms with Crippen molar-refractivity contribution in [2.24, 2.45) is 0 Å². The van der Waals surface area contributed by atoms with Crippen molar-refractivity contribution in [2.75, 3.05) is 18.9 Å². The zero-order chi connectivity index (χ0) is 21.8. The van der Waals surface area contributed by atoms with Crippen LogP contribution in [0.15, 0.2) is 29.1 Å². The molecule has 31 heavy (non-hydrogen) atoms. The number of thiophene rings is 1. The average molecular weight is 458 g/mol. The second-order valence-electron chi connectivity index (χ2n) is 7.97. The predicted octanol–water partition coefficient (Wildman–Crippen LogP) is 4.03. The molecule has 1 aromatic carbocycles. The van der Waals surface area contributed by atoms with Crippen molar-refractivity contribution in [2.45, 2.75) is 44.8 Å². The number of nitrogens with zero attached hydrogens (tertiary/aromatic N) is 1. The highest BCUT2D eigenvalue weighted by Gasteiger charge is 2.21. The lowest BCUT2D eigenvalue weighted by atomic mass is 10.0. The smallest absolute Gasteiger partial charge is 0.259 e. The first-order chi connectivity index (χ1) is 15.0. The van der Waals surface area contributed by atoms with Gasteiger partial charge >= 0.3 is 0 Å². The van der Waals surface area contributed by atoms with E-state index in [0.717, 1.165) is 35.2 Å². The Morgan fingerprint density at radius 3 is 2.87 bits per heavy atom. The highest BCUT2D eigenvalue weighted by molar-refractivity contribution is 7.99. The number of amides is 1. The van der Waals surface area contributed by atoms with Gasteiger partial charge in [-0.05, 0) is 48.4 Å². The molecule has 0 aliphatic heterocycles. The molecule has 0 unspecified atom stereocenters. The van der Waals surface area contributed by atoms with Gasteiger partial charge in [-0.15, -0.1) is 23.1 Å². The molecular formula is C23H27N3O3S2. The molecule has 0 radical (unpaired) electrons. The number of benzene rings is 1. The predicted molar refractivity (Wildman–Crippen MR) is 127 cm³/mol. The van der Waals surface area contributed by atoms with Crippen molar-refractivity contribution in [3.63, 3.8) is 0 Å². The fourth-order valence-electron chi connectivity index (χ4n) is 3.71. The van der Waals surface area contributed by atoms with Crippen molar-refractivity contribution in [3.05, 3.63) is 56.4 Å². The minimum Gasteiger partial charge on any atom is -0.492 e. The number of carbonyl (C=O) groups is 1. The van der Waals surface area contributed by atoms with Crippen molar-refractivity contribution >= 4 is 39.2 Å². The summed E-state index contributed by atoms with van der Waals surface area (Å²) in [6, 6.07) is 8.04. The van der Waals surface area contributed by atoms with Crippen LogP contribution in [0.3, 0.4) is 0 Å². The van der Waals surface area contributed by atoms with E-state index >= 15 is 0 Å². The number of thioether (sulfide) groups is 1. The lowest BCUT2D eigenvalue weighted by Crippen LogP contribution is -2.29. The number of ether oxygens (including phenoxy) is 1. The van der Waals surface area contributed by atoms with Crippen molar-refractivity contribution < 1.29 is 9.53 Å². The normalized spacial score (nSPS) is 13.0. The summed E-state index contributed by atoms with van der Waals surface area (Å²) in [5.74, 6) is 2.68. The summed E-state index contributed by atoms with van der Waals surface area (Å²) >= 11 is 3.07. The molecule has 3 aromatic rings. The number of hydrogen-bond acceptors (Lipinski definition) is 6. The molecule has 4 rings (SSSR count). The fraction of sp³-hybridized carbons (Fsp3) is 0.435. The van der Waals surface area contributed by atoms with Crippen LogP contribution in [0.1, 0.15) is 48.0 Å². The van der Waals surface area contributed by atoms with Gasteiger partial charge in [-0.25, -0.2) is 4.98 Å². The first kappa shape index (κ1) is 21.9. The van der Waals surface area contributed by atoms with E-state index in [1.54, 1.807) is 11.3 Å². The fourth-order valence-corrected chi connectivity index (χ4v) is 5.72. The highest BCUT2D eigenvalue weighted by Crippen LogP contribution is 2.34. The van der Waals surface area contributed by atoms with Crippen LogP contribution in [-0.2, 0) is 23.4 Å². The molecule has 0 spiro atoms. The van der Waals surface area contributed by atoms with Gasteiger partial charge in [0.05, 0.1) is 23.4 Å². The molecule has 164 valence electrons. The van der Waals surface area contributed by atoms with Gasteiger partial charge in [-0.3, -0.25) is 9.59 Å². The Balaban J connectivity index is 1.19. The van der Waals surface area contributed by atoms with Crippen molar-refractivity contribution in [1.82, 2.24) is 15.3 Å². The summed E-state index contributed by atoms with van der Waals surface area (Å²) in [4.78, 5) is 34.2. The maximum Gasteiger partial charge on any atom is 0.259 e. The second kappa shape index (κ2) is 9.87. The largest absolute Gasteiger partial charge is 0.492 e. The number of nitrogens with one attached hydrogen (secondary N) is 2. The van der Waals surface area contributed by atoms with Gasteiger partial charge in [0, 0.05) is 4.88 Å². The van der Waals surface area contributed by atoms with Crippen LogP contribution >= 0.6 is 23.1 Å². The minimum absolute atomic E-state index is 0.0528. The van der Waals surface area contributed by atoms with Gasteiger partial charge in [-0.1, -0.05) is 26.0 Å². The summed E-state index contributed by atoms with van der Waals surface area (Å²) < 4.78 is 5.67. The van der Waals surface area contributed by atoms with Crippen LogP contribution in [0.4, 0.5) is 0 Å². The van der Waals surface area contributed by atoms with Gasteiger partial charge in [0.15, 0.2) is 0 Å². The molecule has 6 nitrogen and oxygen atoms in total. The Labute approximate surface area is 189 Å². The number of aryl methyl sites for hydroxylation is 2. The van der Waals surface area contributed by atoms with E-state index in [1.807, 2.05) is 12.1 Å². The molecule has 1 aliphatic rings. The molecule has 0 atom stereocenters. The minimum atomic E-state index is -0.0534. The maximum atomic E-state index is 12.5. The van der Waals surface area contributed by atoms with Crippen LogP contribution in [0, 0.1) is 0 Å². The number of aromatic nitrogens is 2. The number of aromatic amines is 1. The van der Waals surface area contributed by atoms with Crippen molar-refractivity contribution in [3.8, 4) is 5.75 Å². The van der Waals surface area contributed by atoms with E-state index in [4.69, 9.17) is 4.74 Å². The Morgan fingerprint density at radius 2 is 2.10 bits per heavy atom. The number of rotatable bonds is 9. The third kappa shape index (κ3) is 5.30. The Bertz CT molecular complexity index is 1120. The molecule has 2 heterocycles. The van der Waals surface area contributed by atoms with E-state index < -0.39 is 0 Å². The number of hydrogen-bond donors (Lipinski definition) is 2. The van der Waals surface area contributed by atoms with Crippen LogP contribution in [0.2, 0.25) is 0 Å².